The first kappa shape index (κ1) is 16.8. The summed E-state index contributed by atoms with van der Waals surface area (Å²) in [7, 11) is 0. The van der Waals surface area contributed by atoms with Gasteiger partial charge >= 0.3 is 0 Å². The maximum Gasteiger partial charge on any atom is 0.0117 e. The van der Waals surface area contributed by atoms with Gasteiger partial charge in [-0.1, -0.05) is 74.0 Å². The van der Waals surface area contributed by atoms with E-state index in [9.17, 15) is 0 Å². The lowest BCUT2D eigenvalue weighted by Crippen LogP contribution is -2.14. The lowest BCUT2D eigenvalue weighted by atomic mass is 9.76. The molecule has 0 N–H and O–H groups in total. The van der Waals surface area contributed by atoms with Crippen LogP contribution in [0.25, 0.3) is 5.57 Å². The summed E-state index contributed by atoms with van der Waals surface area (Å²) in [5, 5.41) is 0. The minimum atomic E-state index is 0.122. The van der Waals surface area contributed by atoms with Crippen molar-refractivity contribution in [1.29, 1.82) is 0 Å². The molecule has 0 aromatic heterocycles. The molecule has 24 heavy (non-hydrogen) atoms. The Morgan fingerprint density at radius 1 is 0.708 bits per heavy atom. The summed E-state index contributed by atoms with van der Waals surface area (Å²) in [6.07, 6.45) is 2.18. The Morgan fingerprint density at radius 2 is 1.33 bits per heavy atom. The van der Waals surface area contributed by atoms with Gasteiger partial charge in [0.05, 0.1) is 0 Å². The van der Waals surface area contributed by atoms with Crippen LogP contribution in [0.2, 0.25) is 0 Å². The number of allylic oxidation sites excluding steroid dienone is 4. The van der Waals surface area contributed by atoms with Crippen molar-refractivity contribution in [1.82, 2.24) is 0 Å². The Morgan fingerprint density at radius 3 is 1.96 bits per heavy atom. The molecule has 3 rings (SSSR count). The summed E-state index contributed by atoms with van der Waals surface area (Å²) in [6, 6.07) is 19.8. The van der Waals surface area contributed by atoms with Crippen molar-refractivity contribution in [3.05, 3.63) is 88.0 Å². The average molecular weight is 316 g/mol. The third kappa shape index (κ3) is 2.86. The van der Waals surface area contributed by atoms with Crippen LogP contribution in [0.5, 0.6) is 0 Å². The maximum absolute atomic E-state index is 2.37. The van der Waals surface area contributed by atoms with E-state index in [1.165, 1.54) is 39.0 Å². The van der Waals surface area contributed by atoms with Crippen LogP contribution in [0.3, 0.4) is 0 Å². The summed E-state index contributed by atoms with van der Waals surface area (Å²) in [6.45, 7) is 11.6. The normalized spacial score (nSPS) is 16.9. The number of hydrogen-bond acceptors (Lipinski definition) is 0. The van der Waals surface area contributed by atoms with Gasteiger partial charge in [-0.3, -0.25) is 0 Å². The second-order valence-corrected chi connectivity index (χ2v) is 7.52. The van der Waals surface area contributed by atoms with Crippen molar-refractivity contribution >= 4 is 5.57 Å². The molecule has 0 heteroatoms. The van der Waals surface area contributed by atoms with Crippen LogP contribution in [-0.2, 0) is 12.8 Å². The summed E-state index contributed by atoms with van der Waals surface area (Å²) in [4.78, 5) is 0. The molecule has 124 valence electrons. The lowest BCUT2D eigenvalue weighted by molar-refractivity contribution is 0.608. The van der Waals surface area contributed by atoms with Gasteiger partial charge in [-0.2, -0.15) is 0 Å². The molecular formula is C24H28. The molecule has 0 amide bonds. The van der Waals surface area contributed by atoms with E-state index in [4.69, 9.17) is 0 Å². The third-order valence-corrected chi connectivity index (χ3v) is 5.88. The molecular weight excluding hydrogens is 288 g/mol. The molecule has 0 atom stereocenters. The SMILES string of the molecule is CC1=C(C)C(C)(C)C(c2ccccc2CCc2ccccc2)=C1C. The van der Waals surface area contributed by atoms with Gasteiger partial charge in [0.15, 0.2) is 0 Å². The summed E-state index contributed by atoms with van der Waals surface area (Å²) in [5.74, 6) is 0. The van der Waals surface area contributed by atoms with Crippen molar-refractivity contribution in [3.8, 4) is 0 Å². The van der Waals surface area contributed by atoms with Gasteiger partial charge in [-0.25, -0.2) is 0 Å². The first-order valence-corrected chi connectivity index (χ1v) is 8.95. The van der Waals surface area contributed by atoms with Crippen molar-refractivity contribution in [2.45, 2.75) is 47.5 Å². The van der Waals surface area contributed by atoms with Crippen molar-refractivity contribution in [3.63, 3.8) is 0 Å². The van der Waals surface area contributed by atoms with Crippen LogP contribution in [0.15, 0.2) is 71.3 Å². The van der Waals surface area contributed by atoms with E-state index in [1.807, 2.05) is 0 Å². The van der Waals surface area contributed by atoms with E-state index in [-0.39, 0.29) is 5.41 Å². The number of hydrogen-bond donors (Lipinski definition) is 0. The second kappa shape index (κ2) is 6.43. The largest absolute Gasteiger partial charge is 0.0622 e. The predicted molar refractivity (Wildman–Crippen MR) is 105 cm³/mol. The summed E-state index contributed by atoms with van der Waals surface area (Å²) in [5.41, 5.74) is 10.4. The molecule has 0 aliphatic heterocycles. The smallest absolute Gasteiger partial charge is 0.0117 e. The summed E-state index contributed by atoms with van der Waals surface area (Å²) < 4.78 is 0. The average Bonchev–Trinajstić information content (AvgIpc) is 2.74. The fourth-order valence-corrected chi connectivity index (χ4v) is 4.04. The van der Waals surface area contributed by atoms with Crippen LogP contribution < -0.4 is 0 Å². The van der Waals surface area contributed by atoms with Crippen molar-refractivity contribution < 1.29 is 0 Å². The molecule has 0 bridgehead atoms. The maximum atomic E-state index is 2.37. The van der Waals surface area contributed by atoms with E-state index in [1.54, 1.807) is 0 Å². The highest BCUT2D eigenvalue weighted by atomic mass is 14.4. The Hall–Kier alpha value is -2.08. The quantitative estimate of drug-likeness (QED) is 0.594. The number of rotatable bonds is 4. The van der Waals surface area contributed by atoms with Gasteiger partial charge in [0, 0.05) is 5.41 Å². The Bertz CT molecular complexity index is 801. The monoisotopic (exact) mass is 316 g/mol. The molecule has 1 aliphatic carbocycles. The van der Waals surface area contributed by atoms with Gasteiger partial charge in [0.2, 0.25) is 0 Å². The highest BCUT2D eigenvalue weighted by Crippen LogP contribution is 2.51. The second-order valence-electron chi connectivity index (χ2n) is 7.52. The third-order valence-electron chi connectivity index (χ3n) is 5.88. The highest BCUT2D eigenvalue weighted by molar-refractivity contribution is 5.83. The van der Waals surface area contributed by atoms with Crippen LogP contribution in [-0.4, -0.2) is 0 Å². The molecule has 0 nitrogen and oxygen atoms in total. The fraction of sp³-hybridized carbons (Fsp3) is 0.333. The van der Waals surface area contributed by atoms with Crippen LogP contribution >= 0.6 is 0 Å². The van der Waals surface area contributed by atoms with E-state index in [0.717, 1.165) is 12.8 Å². The summed E-state index contributed by atoms with van der Waals surface area (Å²) >= 11 is 0. The topological polar surface area (TPSA) is 0 Å². The Balaban J connectivity index is 1.96. The van der Waals surface area contributed by atoms with Gasteiger partial charge in [-0.05, 0) is 67.0 Å². The zero-order valence-corrected chi connectivity index (χ0v) is 15.6. The molecule has 0 heterocycles. The predicted octanol–water partition coefficient (Wildman–Crippen LogP) is 6.62. The Labute approximate surface area is 146 Å². The van der Waals surface area contributed by atoms with Gasteiger partial charge in [0.25, 0.3) is 0 Å². The Kier molecular flexibility index (Phi) is 4.49. The lowest BCUT2D eigenvalue weighted by Gasteiger charge is -2.28. The first-order chi connectivity index (χ1) is 11.4. The zero-order valence-electron chi connectivity index (χ0n) is 15.6. The molecule has 0 fully saturated rings. The first-order valence-electron chi connectivity index (χ1n) is 8.95. The molecule has 0 saturated carbocycles. The van der Waals surface area contributed by atoms with Crippen molar-refractivity contribution in [2.75, 3.05) is 0 Å². The number of benzene rings is 2. The molecule has 2 aromatic rings. The molecule has 0 spiro atoms. The molecule has 0 saturated heterocycles. The molecule has 0 radical (unpaired) electrons. The number of aryl methyl sites for hydroxylation is 2. The van der Waals surface area contributed by atoms with Crippen molar-refractivity contribution in [2.24, 2.45) is 5.41 Å². The van der Waals surface area contributed by atoms with Gasteiger partial charge in [-0.15, -0.1) is 0 Å². The minimum absolute atomic E-state index is 0.122. The van der Waals surface area contributed by atoms with Gasteiger partial charge < -0.3 is 0 Å². The van der Waals surface area contributed by atoms with E-state index in [2.05, 4.69) is 89.2 Å². The minimum Gasteiger partial charge on any atom is -0.0622 e. The van der Waals surface area contributed by atoms with Crippen LogP contribution in [0.1, 0.15) is 51.3 Å². The zero-order chi connectivity index (χ0) is 17.3. The van der Waals surface area contributed by atoms with E-state index >= 15 is 0 Å². The molecule has 0 unspecified atom stereocenters. The van der Waals surface area contributed by atoms with Crippen LogP contribution in [0, 0.1) is 5.41 Å². The molecule has 2 aromatic carbocycles. The highest BCUT2D eigenvalue weighted by Gasteiger charge is 2.35. The standard InChI is InChI=1S/C24H28/c1-17-18(2)23(24(4,5)19(17)3)22-14-10-9-13-21(22)16-15-20-11-7-6-8-12-20/h6-14H,15-16H2,1-5H3. The van der Waals surface area contributed by atoms with Crippen LogP contribution in [0.4, 0.5) is 0 Å². The van der Waals surface area contributed by atoms with Gasteiger partial charge in [0.1, 0.15) is 0 Å². The van der Waals surface area contributed by atoms with E-state index in [0.29, 0.717) is 0 Å². The molecule has 1 aliphatic rings. The van der Waals surface area contributed by atoms with E-state index < -0.39 is 0 Å². The fourth-order valence-electron chi connectivity index (χ4n) is 4.04.